The molecule has 0 radical (unpaired) electrons. The average Bonchev–Trinajstić information content (AvgIpc) is 3.38. The summed E-state index contributed by atoms with van der Waals surface area (Å²) in [4.78, 5) is 32.7. The zero-order valence-corrected chi connectivity index (χ0v) is 20.5. The van der Waals surface area contributed by atoms with Crippen LogP contribution in [0.3, 0.4) is 0 Å². The van der Waals surface area contributed by atoms with Crippen molar-refractivity contribution in [3.05, 3.63) is 47.8 Å². The topological polar surface area (TPSA) is 109 Å². The molecule has 0 unspecified atom stereocenters. The molecule has 0 aliphatic carbocycles. The number of rotatable bonds is 6. The van der Waals surface area contributed by atoms with Gasteiger partial charge in [0.05, 0.1) is 31.4 Å². The van der Waals surface area contributed by atoms with Crippen molar-refractivity contribution in [2.45, 2.75) is 38.5 Å². The Morgan fingerprint density at radius 3 is 2.65 bits per heavy atom. The molecular weight excluding hydrogens is 487 g/mol. The Kier molecular flexibility index (Phi) is 6.30. The molecule has 1 aromatic carbocycles. The first-order valence-corrected chi connectivity index (χ1v) is 12.1. The van der Waals surface area contributed by atoms with Crippen molar-refractivity contribution in [2.24, 2.45) is 5.92 Å². The molecule has 3 aromatic rings. The maximum atomic E-state index is 14.7. The van der Waals surface area contributed by atoms with Crippen molar-refractivity contribution in [1.82, 2.24) is 29.7 Å². The van der Waals surface area contributed by atoms with Crippen molar-refractivity contribution in [3.8, 4) is 11.3 Å². The highest BCUT2D eigenvalue weighted by Crippen LogP contribution is 2.34. The van der Waals surface area contributed by atoms with Gasteiger partial charge in [-0.2, -0.15) is 5.10 Å². The molecule has 2 aromatic heterocycles. The monoisotopic (exact) mass is 515 g/mol. The minimum atomic E-state index is -2.71. The number of nitrogen functional groups attached to an aromatic ring is 1. The van der Waals surface area contributed by atoms with Gasteiger partial charge in [0.25, 0.3) is 11.8 Å². The predicted molar refractivity (Wildman–Crippen MR) is 131 cm³/mol. The summed E-state index contributed by atoms with van der Waals surface area (Å²) in [7, 11) is 0. The summed E-state index contributed by atoms with van der Waals surface area (Å²) in [6, 6.07) is 7.71. The quantitative estimate of drug-likeness (QED) is 0.522. The van der Waals surface area contributed by atoms with E-state index in [4.69, 9.17) is 5.73 Å². The molecule has 5 rings (SSSR count). The van der Waals surface area contributed by atoms with Gasteiger partial charge in [-0.15, -0.1) is 0 Å². The number of nitrogens with zero attached hydrogens (tertiary/aromatic N) is 5. The third-order valence-corrected chi connectivity index (χ3v) is 6.78. The molecule has 2 amide bonds. The average molecular weight is 516 g/mol. The number of amides is 2. The highest BCUT2D eigenvalue weighted by atomic mass is 19.3. The van der Waals surface area contributed by atoms with Gasteiger partial charge in [-0.1, -0.05) is 32.0 Å². The maximum Gasteiger partial charge on any atom is 0.272 e. The van der Waals surface area contributed by atoms with E-state index in [1.807, 2.05) is 0 Å². The smallest absolute Gasteiger partial charge is 0.272 e. The largest absolute Gasteiger partial charge is 0.382 e. The van der Waals surface area contributed by atoms with Crippen LogP contribution in [0.15, 0.2) is 36.7 Å². The fourth-order valence-corrected chi connectivity index (χ4v) is 5.01. The van der Waals surface area contributed by atoms with Gasteiger partial charge in [-0.05, 0) is 17.7 Å². The van der Waals surface area contributed by atoms with E-state index in [0.29, 0.717) is 22.3 Å². The summed E-state index contributed by atoms with van der Waals surface area (Å²) in [5.41, 5.74) is 8.57. The van der Waals surface area contributed by atoms with Gasteiger partial charge in [0, 0.05) is 30.1 Å². The number of nitrogens with one attached hydrogen (secondary N) is 1. The number of hydrogen-bond donors (Lipinski definition) is 2. The Hall–Kier alpha value is -3.67. The van der Waals surface area contributed by atoms with E-state index in [0.717, 1.165) is 0 Å². The second-order valence-electron chi connectivity index (χ2n) is 10.0. The molecule has 0 spiro atoms. The lowest BCUT2D eigenvalue weighted by Gasteiger charge is -2.38. The molecule has 2 atom stereocenters. The summed E-state index contributed by atoms with van der Waals surface area (Å²) in [5, 5.41) is 7.04. The lowest BCUT2D eigenvalue weighted by molar-refractivity contribution is -0.134. The van der Waals surface area contributed by atoms with Gasteiger partial charge in [0.2, 0.25) is 5.91 Å². The predicted octanol–water partition coefficient (Wildman–Crippen LogP) is 2.36. The summed E-state index contributed by atoms with van der Waals surface area (Å²) < 4.78 is 43.1. The molecule has 4 heterocycles. The normalized spacial score (nSPS) is 21.4. The number of likely N-dealkylation sites (tertiary alicyclic amines) is 2. The number of aromatic nitrogens is 3. The van der Waals surface area contributed by atoms with Crippen LogP contribution in [0.25, 0.3) is 16.8 Å². The minimum Gasteiger partial charge on any atom is -0.382 e. The molecule has 0 bridgehead atoms. The van der Waals surface area contributed by atoms with E-state index in [9.17, 15) is 22.8 Å². The number of hydrogen-bond acceptors (Lipinski definition) is 6. The lowest BCUT2D eigenvalue weighted by Crippen LogP contribution is -2.55. The number of anilines is 1. The molecule has 2 aliphatic heterocycles. The number of nitrogens with two attached hydrogens (primary N) is 1. The summed E-state index contributed by atoms with van der Waals surface area (Å²) in [5.74, 6) is -3.45. The van der Waals surface area contributed by atoms with Crippen LogP contribution in [0.4, 0.5) is 19.0 Å². The van der Waals surface area contributed by atoms with E-state index in [1.165, 1.54) is 15.7 Å². The van der Waals surface area contributed by atoms with Gasteiger partial charge in [-0.25, -0.2) is 22.7 Å². The molecule has 2 fully saturated rings. The van der Waals surface area contributed by atoms with Gasteiger partial charge in [-0.3, -0.25) is 14.5 Å². The van der Waals surface area contributed by atoms with Crippen molar-refractivity contribution < 1.29 is 22.8 Å². The Balaban J connectivity index is 1.44. The second kappa shape index (κ2) is 9.33. The molecule has 3 N–H and O–H groups in total. The number of halogens is 3. The van der Waals surface area contributed by atoms with E-state index < -0.39 is 24.0 Å². The first-order valence-electron chi connectivity index (χ1n) is 12.1. The van der Waals surface area contributed by atoms with Crippen LogP contribution >= 0.6 is 0 Å². The Morgan fingerprint density at radius 2 is 1.95 bits per heavy atom. The third kappa shape index (κ3) is 4.73. The fourth-order valence-electron chi connectivity index (χ4n) is 5.01. The number of carbonyl (C=O) groups is 2. The Bertz CT molecular complexity index is 1350. The first kappa shape index (κ1) is 25.0. The zero-order valence-electron chi connectivity index (χ0n) is 20.5. The van der Waals surface area contributed by atoms with Crippen LogP contribution in [0.1, 0.15) is 29.8 Å². The first-order chi connectivity index (χ1) is 17.5. The summed E-state index contributed by atoms with van der Waals surface area (Å²) in [6.45, 7) is 3.03. The van der Waals surface area contributed by atoms with Crippen molar-refractivity contribution in [2.75, 3.05) is 31.9 Å². The molecule has 0 saturated carbocycles. The maximum absolute atomic E-state index is 14.7. The molecule has 2 aliphatic rings. The van der Waals surface area contributed by atoms with Crippen LogP contribution in [0, 0.1) is 5.92 Å². The molecule has 2 saturated heterocycles. The SMILES string of the molecule is CC(C)C(=O)N1C[C@H](F)[C@H](NC(=O)c2ccccc2-c2cc(CN3CC(F)(F)C3)c3c(N)ncnn23)C1. The van der Waals surface area contributed by atoms with Crippen LogP contribution in [-0.2, 0) is 11.3 Å². The molecule has 12 heteroatoms. The number of carbonyl (C=O) groups excluding carboxylic acids is 2. The number of fused-ring (bicyclic) bond motifs is 1. The number of alkyl halides is 3. The van der Waals surface area contributed by atoms with Crippen LogP contribution in [-0.4, -0.2) is 80.5 Å². The van der Waals surface area contributed by atoms with E-state index in [1.54, 1.807) is 49.1 Å². The van der Waals surface area contributed by atoms with E-state index >= 15 is 0 Å². The van der Waals surface area contributed by atoms with Gasteiger partial charge < -0.3 is 16.0 Å². The summed E-state index contributed by atoms with van der Waals surface area (Å²) >= 11 is 0. The van der Waals surface area contributed by atoms with E-state index in [2.05, 4.69) is 15.4 Å². The summed E-state index contributed by atoms with van der Waals surface area (Å²) in [6.07, 6.45) is -0.107. The van der Waals surface area contributed by atoms with Gasteiger partial charge >= 0.3 is 0 Å². The standard InChI is InChI=1S/C25H28F3N7O2/c1-14(2)24(37)34-9-18(26)19(10-34)32-23(36)17-6-4-3-5-16(17)20-7-15(8-33-11-25(27,28)12-33)21-22(29)30-13-31-35(20)21/h3-7,13-14,18-19H,8-12H2,1-2H3,(H,32,36)(H2,29,30,31)/t18-,19+/m0/s1. The Morgan fingerprint density at radius 1 is 1.22 bits per heavy atom. The van der Waals surface area contributed by atoms with Gasteiger partial charge in [0.1, 0.15) is 18.0 Å². The molecule has 37 heavy (non-hydrogen) atoms. The second-order valence-corrected chi connectivity index (χ2v) is 10.0. The van der Waals surface area contributed by atoms with E-state index in [-0.39, 0.29) is 55.9 Å². The van der Waals surface area contributed by atoms with Crippen LogP contribution in [0.5, 0.6) is 0 Å². The molecule has 196 valence electrons. The number of benzene rings is 1. The third-order valence-electron chi connectivity index (χ3n) is 6.78. The highest BCUT2D eigenvalue weighted by molar-refractivity contribution is 6.01. The van der Waals surface area contributed by atoms with Crippen molar-refractivity contribution in [3.63, 3.8) is 0 Å². The lowest BCUT2D eigenvalue weighted by atomic mass is 10.0. The highest BCUT2D eigenvalue weighted by Gasteiger charge is 2.44. The van der Waals surface area contributed by atoms with Crippen LogP contribution < -0.4 is 11.1 Å². The zero-order chi connectivity index (χ0) is 26.5. The van der Waals surface area contributed by atoms with Crippen molar-refractivity contribution in [1.29, 1.82) is 0 Å². The van der Waals surface area contributed by atoms with Crippen molar-refractivity contribution >= 4 is 23.1 Å². The molecular formula is C25H28F3N7O2. The minimum absolute atomic E-state index is 0.0674. The Labute approximate surface area is 211 Å². The fraction of sp³-hybridized carbons (Fsp3) is 0.440. The molecule has 9 nitrogen and oxygen atoms in total. The van der Waals surface area contributed by atoms with Crippen LogP contribution in [0.2, 0.25) is 0 Å². The van der Waals surface area contributed by atoms with Gasteiger partial charge in [0.15, 0.2) is 5.82 Å².